The van der Waals surface area contributed by atoms with Gasteiger partial charge in [0.2, 0.25) is 0 Å². The van der Waals surface area contributed by atoms with E-state index in [0.717, 1.165) is 25.1 Å². The van der Waals surface area contributed by atoms with E-state index in [9.17, 15) is 4.79 Å². The van der Waals surface area contributed by atoms with Crippen LogP contribution in [0.4, 0.5) is 10.5 Å². The molecule has 1 N–H and O–H groups in total. The van der Waals surface area contributed by atoms with Crippen LogP contribution >= 0.6 is 0 Å². The number of nitrogens with zero attached hydrogens (tertiary/aromatic N) is 4. The molecule has 4 rings (SSSR count). The van der Waals surface area contributed by atoms with Gasteiger partial charge in [-0.15, -0.1) is 0 Å². The van der Waals surface area contributed by atoms with Crippen molar-refractivity contribution in [1.82, 2.24) is 19.2 Å². The van der Waals surface area contributed by atoms with Crippen molar-refractivity contribution < 1.29 is 4.79 Å². The van der Waals surface area contributed by atoms with Crippen LogP contribution in [-0.4, -0.2) is 31.8 Å². The SMILES string of the molecule is Cn1cccc1[C@@H]1CCCN1C(=O)Nc1cnn(Cc2ccccc2)c1. The number of carbonyl (C=O) groups excluding carboxylic acids is 1. The summed E-state index contributed by atoms with van der Waals surface area (Å²) in [6.45, 7) is 1.46. The molecule has 2 amide bonds. The zero-order valence-corrected chi connectivity index (χ0v) is 14.9. The Morgan fingerprint density at radius 1 is 1.23 bits per heavy atom. The van der Waals surface area contributed by atoms with Crippen molar-refractivity contribution in [2.24, 2.45) is 7.05 Å². The maximum atomic E-state index is 12.8. The third kappa shape index (κ3) is 3.35. The number of carbonyl (C=O) groups is 1. The van der Waals surface area contributed by atoms with Gasteiger partial charge in [-0.2, -0.15) is 5.10 Å². The molecule has 0 aliphatic carbocycles. The quantitative estimate of drug-likeness (QED) is 0.782. The molecule has 1 aliphatic rings. The van der Waals surface area contributed by atoms with E-state index in [1.54, 1.807) is 6.20 Å². The zero-order valence-electron chi connectivity index (χ0n) is 14.9. The largest absolute Gasteiger partial charge is 0.353 e. The standard InChI is InChI=1S/C20H23N5O/c1-23-11-5-9-18(23)19-10-6-12-25(19)20(26)22-17-13-21-24(15-17)14-16-7-3-2-4-8-16/h2-5,7-9,11,13,15,19H,6,10,12,14H2,1H3,(H,22,26)/t19-/m0/s1. The molecule has 26 heavy (non-hydrogen) atoms. The number of nitrogens with one attached hydrogen (secondary N) is 1. The number of aromatic nitrogens is 3. The van der Waals surface area contributed by atoms with Crippen molar-refractivity contribution in [1.29, 1.82) is 0 Å². The van der Waals surface area contributed by atoms with E-state index in [2.05, 4.69) is 33.2 Å². The number of urea groups is 1. The number of anilines is 1. The van der Waals surface area contributed by atoms with Crippen LogP contribution in [-0.2, 0) is 13.6 Å². The van der Waals surface area contributed by atoms with Gasteiger partial charge in [0.25, 0.3) is 0 Å². The Morgan fingerprint density at radius 3 is 2.85 bits per heavy atom. The van der Waals surface area contributed by atoms with E-state index in [1.807, 2.05) is 53.3 Å². The smallest absolute Gasteiger partial charge is 0.322 e. The van der Waals surface area contributed by atoms with Crippen molar-refractivity contribution in [3.8, 4) is 0 Å². The number of hydrogen-bond acceptors (Lipinski definition) is 2. The minimum absolute atomic E-state index is 0.0621. The van der Waals surface area contributed by atoms with Crippen LogP contribution in [0.1, 0.15) is 30.1 Å². The lowest BCUT2D eigenvalue weighted by atomic mass is 10.1. The van der Waals surface area contributed by atoms with Crippen LogP contribution in [0, 0.1) is 0 Å². The summed E-state index contributed by atoms with van der Waals surface area (Å²) in [6.07, 6.45) is 7.62. The highest BCUT2D eigenvalue weighted by atomic mass is 16.2. The van der Waals surface area contributed by atoms with Crippen molar-refractivity contribution in [2.75, 3.05) is 11.9 Å². The first-order valence-electron chi connectivity index (χ1n) is 8.96. The molecule has 0 unspecified atom stereocenters. The predicted molar refractivity (Wildman–Crippen MR) is 101 cm³/mol. The Morgan fingerprint density at radius 2 is 2.08 bits per heavy atom. The minimum Gasteiger partial charge on any atom is -0.353 e. The maximum Gasteiger partial charge on any atom is 0.322 e. The van der Waals surface area contributed by atoms with E-state index in [0.29, 0.717) is 6.54 Å². The summed E-state index contributed by atoms with van der Waals surface area (Å²) in [5, 5.41) is 7.35. The van der Waals surface area contributed by atoms with Crippen LogP contribution in [0.25, 0.3) is 0 Å². The number of hydrogen-bond donors (Lipinski definition) is 1. The van der Waals surface area contributed by atoms with Crippen molar-refractivity contribution in [2.45, 2.75) is 25.4 Å². The fourth-order valence-corrected chi connectivity index (χ4v) is 3.62. The summed E-state index contributed by atoms with van der Waals surface area (Å²) < 4.78 is 3.93. The van der Waals surface area contributed by atoms with Gasteiger partial charge in [-0.25, -0.2) is 4.79 Å². The van der Waals surface area contributed by atoms with Gasteiger partial charge in [0.1, 0.15) is 0 Å². The molecular weight excluding hydrogens is 326 g/mol. The van der Waals surface area contributed by atoms with Crippen molar-refractivity contribution in [3.63, 3.8) is 0 Å². The van der Waals surface area contributed by atoms with Gasteiger partial charge in [-0.3, -0.25) is 4.68 Å². The zero-order chi connectivity index (χ0) is 17.9. The molecule has 1 fully saturated rings. The fourth-order valence-electron chi connectivity index (χ4n) is 3.62. The second kappa shape index (κ2) is 7.07. The number of rotatable bonds is 4. The van der Waals surface area contributed by atoms with Crippen molar-refractivity contribution in [3.05, 3.63) is 72.3 Å². The highest BCUT2D eigenvalue weighted by molar-refractivity contribution is 5.89. The molecule has 6 nitrogen and oxygen atoms in total. The van der Waals surface area contributed by atoms with Crippen LogP contribution in [0.3, 0.4) is 0 Å². The van der Waals surface area contributed by atoms with Crippen LogP contribution in [0.15, 0.2) is 61.1 Å². The molecule has 0 saturated carbocycles. The highest BCUT2D eigenvalue weighted by Gasteiger charge is 2.31. The molecule has 3 heterocycles. The summed E-state index contributed by atoms with van der Waals surface area (Å²) >= 11 is 0. The Hall–Kier alpha value is -3.02. The van der Waals surface area contributed by atoms with Crippen LogP contribution < -0.4 is 5.32 Å². The summed E-state index contributed by atoms with van der Waals surface area (Å²) in [4.78, 5) is 14.7. The van der Waals surface area contributed by atoms with E-state index in [1.165, 1.54) is 11.3 Å². The molecule has 6 heteroatoms. The van der Waals surface area contributed by atoms with Gasteiger partial charge in [0.05, 0.1) is 24.5 Å². The van der Waals surface area contributed by atoms with Crippen LogP contribution in [0.5, 0.6) is 0 Å². The molecule has 134 valence electrons. The molecule has 0 radical (unpaired) electrons. The Bertz CT molecular complexity index is 883. The first-order chi connectivity index (χ1) is 12.7. The number of aryl methyl sites for hydroxylation is 1. The average Bonchev–Trinajstić information content (AvgIpc) is 3.36. The molecule has 1 aromatic carbocycles. The van der Waals surface area contributed by atoms with Gasteiger partial charge in [-0.05, 0) is 30.5 Å². The fraction of sp³-hybridized carbons (Fsp3) is 0.300. The van der Waals surface area contributed by atoms with Gasteiger partial charge in [-0.1, -0.05) is 30.3 Å². The van der Waals surface area contributed by atoms with Gasteiger partial charge < -0.3 is 14.8 Å². The number of amides is 2. The van der Waals surface area contributed by atoms with Gasteiger partial charge in [0, 0.05) is 31.7 Å². The maximum absolute atomic E-state index is 12.8. The Balaban J connectivity index is 1.42. The predicted octanol–water partition coefficient (Wildman–Crippen LogP) is 3.64. The lowest BCUT2D eigenvalue weighted by Gasteiger charge is -2.25. The average molecular weight is 349 g/mol. The second-order valence-corrected chi connectivity index (χ2v) is 6.74. The molecule has 1 saturated heterocycles. The molecule has 0 spiro atoms. The molecule has 3 aromatic rings. The summed E-state index contributed by atoms with van der Waals surface area (Å²) in [5.74, 6) is 0. The van der Waals surface area contributed by atoms with Gasteiger partial charge >= 0.3 is 6.03 Å². The van der Waals surface area contributed by atoms with Gasteiger partial charge in [0.15, 0.2) is 0 Å². The monoisotopic (exact) mass is 349 g/mol. The van der Waals surface area contributed by atoms with E-state index in [-0.39, 0.29) is 12.1 Å². The van der Waals surface area contributed by atoms with Crippen LogP contribution in [0.2, 0.25) is 0 Å². The van der Waals surface area contributed by atoms with Crippen molar-refractivity contribution >= 4 is 11.7 Å². The minimum atomic E-state index is -0.0621. The normalized spacial score (nSPS) is 16.8. The summed E-state index contributed by atoms with van der Waals surface area (Å²) in [6, 6.07) is 14.3. The first kappa shape index (κ1) is 16.4. The molecular formula is C20H23N5O. The third-order valence-electron chi connectivity index (χ3n) is 4.91. The lowest BCUT2D eigenvalue weighted by molar-refractivity contribution is 0.205. The summed E-state index contributed by atoms with van der Waals surface area (Å²) in [7, 11) is 2.03. The topological polar surface area (TPSA) is 55.1 Å². The van der Waals surface area contributed by atoms with E-state index >= 15 is 0 Å². The highest BCUT2D eigenvalue weighted by Crippen LogP contribution is 2.32. The Kier molecular flexibility index (Phi) is 4.48. The molecule has 2 aromatic heterocycles. The third-order valence-corrected chi connectivity index (χ3v) is 4.91. The second-order valence-electron chi connectivity index (χ2n) is 6.74. The number of benzene rings is 1. The molecule has 1 atom stereocenters. The number of likely N-dealkylation sites (tertiary alicyclic amines) is 1. The summed E-state index contributed by atoms with van der Waals surface area (Å²) in [5.41, 5.74) is 3.08. The van der Waals surface area contributed by atoms with E-state index in [4.69, 9.17) is 0 Å². The lowest BCUT2D eigenvalue weighted by Crippen LogP contribution is -2.35. The molecule has 1 aliphatic heterocycles. The van der Waals surface area contributed by atoms with E-state index < -0.39 is 0 Å². The Labute approximate surface area is 153 Å². The first-order valence-corrected chi connectivity index (χ1v) is 8.96. The molecule has 0 bridgehead atoms.